The zero-order valence-electron chi connectivity index (χ0n) is 9.58. The summed E-state index contributed by atoms with van der Waals surface area (Å²) in [6, 6.07) is 3.92. The van der Waals surface area contributed by atoms with E-state index in [1.54, 1.807) is 0 Å². The van der Waals surface area contributed by atoms with Crippen LogP contribution in [0.3, 0.4) is 0 Å². The van der Waals surface area contributed by atoms with Crippen molar-refractivity contribution in [3.63, 3.8) is 0 Å². The van der Waals surface area contributed by atoms with Gasteiger partial charge in [-0.3, -0.25) is 4.18 Å². The van der Waals surface area contributed by atoms with Gasteiger partial charge in [-0.15, -0.1) is 0 Å². The van der Waals surface area contributed by atoms with Crippen LogP contribution >= 0.6 is 11.6 Å². The van der Waals surface area contributed by atoms with Crippen LogP contribution in [0.15, 0.2) is 23.1 Å². The monoisotopic (exact) mass is 294 g/mol. The maximum absolute atomic E-state index is 11.9. The highest BCUT2D eigenvalue weighted by atomic mass is 35.5. The largest absolute Gasteiger partial charge is 0.495 e. The van der Waals surface area contributed by atoms with Crippen LogP contribution < -0.4 is 4.74 Å². The molecule has 0 spiro atoms. The molecule has 1 rings (SSSR count). The molecule has 1 unspecified atom stereocenters. The molecule has 1 aromatic carbocycles. The lowest BCUT2D eigenvalue weighted by Gasteiger charge is -2.12. The zero-order valence-corrected chi connectivity index (χ0v) is 11.2. The molecule has 0 saturated heterocycles. The number of benzene rings is 1. The van der Waals surface area contributed by atoms with Crippen LogP contribution in [0, 0.1) is 0 Å². The Labute approximate surface area is 109 Å². The molecule has 6 nitrogen and oxygen atoms in total. The molecule has 18 heavy (non-hydrogen) atoms. The second-order valence-electron chi connectivity index (χ2n) is 3.33. The maximum atomic E-state index is 11.9. The second kappa shape index (κ2) is 5.55. The van der Waals surface area contributed by atoms with Gasteiger partial charge in [0.15, 0.2) is 6.10 Å². The molecule has 0 aromatic heterocycles. The van der Waals surface area contributed by atoms with Crippen molar-refractivity contribution in [2.24, 2.45) is 0 Å². The molecule has 0 aliphatic carbocycles. The lowest BCUT2D eigenvalue weighted by Crippen LogP contribution is -2.24. The highest BCUT2D eigenvalue weighted by Crippen LogP contribution is 2.28. The predicted octanol–water partition coefficient (Wildman–Crippen LogP) is 1.53. The first-order valence-electron chi connectivity index (χ1n) is 4.77. The normalized spacial score (nSPS) is 13.1. The number of hydrogen-bond acceptors (Lipinski definition) is 5. The van der Waals surface area contributed by atoms with Gasteiger partial charge in [-0.2, -0.15) is 8.42 Å². The van der Waals surface area contributed by atoms with E-state index >= 15 is 0 Å². The Kier molecular flexibility index (Phi) is 4.55. The Morgan fingerprint density at radius 1 is 1.44 bits per heavy atom. The van der Waals surface area contributed by atoms with E-state index in [0.29, 0.717) is 0 Å². The topological polar surface area (TPSA) is 89.9 Å². The summed E-state index contributed by atoms with van der Waals surface area (Å²) in [5.41, 5.74) is 0. The zero-order chi connectivity index (χ0) is 13.9. The molecule has 0 amide bonds. The molecular weight excluding hydrogens is 284 g/mol. The van der Waals surface area contributed by atoms with E-state index in [0.717, 1.165) is 13.0 Å². The standard InChI is InChI=1S/C10H11ClO6S/c1-6(10(12)13)17-18(14,15)9-5-7(11)3-4-8(9)16-2/h3-6H,1-2H3,(H,12,13). The second-order valence-corrected chi connectivity index (χ2v) is 5.30. The third-order valence-corrected chi connectivity index (χ3v) is 3.65. The molecule has 0 radical (unpaired) electrons. The Bertz CT molecular complexity index is 553. The number of methoxy groups -OCH3 is 1. The van der Waals surface area contributed by atoms with E-state index < -0.39 is 22.2 Å². The Balaban J connectivity index is 3.19. The number of carboxylic acid groups (broad SMARTS) is 1. The number of halogens is 1. The fourth-order valence-corrected chi connectivity index (χ4v) is 2.60. The molecule has 0 fully saturated rings. The number of ether oxygens (including phenoxy) is 1. The summed E-state index contributed by atoms with van der Waals surface area (Å²) < 4.78 is 33.1. The van der Waals surface area contributed by atoms with E-state index in [4.69, 9.17) is 21.4 Å². The van der Waals surface area contributed by atoms with Crippen LogP contribution in [0.25, 0.3) is 0 Å². The van der Waals surface area contributed by atoms with Gasteiger partial charge in [0.2, 0.25) is 0 Å². The van der Waals surface area contributed by atoms with Crippen LogP contribution in [0.5, 0.6) is 5.75 Å². The van der Waals surface area contributed by atoms with Gasteiger partial charge in [-0.05, 0) is 25.1 Å². The lowest BCUT2D eigenvalue weighted by atomic mass is 10.3. The Hall–Kier alpha value is -1.31. The third kappa shape index (κ3) is 3.34. The van der Waals surface area contributed by atoms with Crippen LogP contribution in [0.4, 0.5) is 0 Å². The first kappa shape index (κ1) is 14.7. The van der Waals surface area contributed by atoms with Gasteiger partial charge in [0.05, 0.1) is 7.11 Å². The summed E-state index contributed by atoms with van der Waals surface area (Å²) in [4.78, 5) is 10.3. The molecule has 1 aromatic rings. The van der Waals surface area contributed by atoms with Crippen LogP contribution in [-0.2, 0) is 19.1 Å². The quantitative estimate of drug-likeness (QED) is 0.828. The number of carbonyl (C=O) groups is 1. The molecule has 0 bridgehead atoms. The van der Waals surface area contributed by atoms with Gasteiger partial charge >= 0.3 is 16.1 Å². The molecule has 1 N–H and O–H groups in total. The first-order valence-corrected chi connectivity index (χ1v) is 6.56. The summed E-state index contributed by atoms with van der Waals surface area (Å²) in [6.45, 7) is 1.11. The molecule has 1 atom stereocenters. The first-order chi connectivity index (χ1) is 8.27. The van der Waals surface area contributed by atoms with Gasteiger partial charge in [0.1, 0.15) is 10.6 Å². The van der Waals surface area contributed by atoms with E-state index in [9.17, 15) is 13.2 Å². The van der Waals surface area contributed by atoms with Crippen molar-refractivity contribution in [1.82, 2.24) is 0 Å². The molecule has 100 valence electrons. The van der Waals surface area contributed by atoms with E-state index in [1.807, 2.05) is 0 Å². The average Bonchev–Trinajstić information content (AvgIpc) is 2.28. The van der Waals surface area contributed by atoms with Gasteiger partial charge < -0.3 is 9.84 Å². The van der Waals surface area contributed by atoms with Crippen LogP contribution in [0.2, 0.25) is 5.02 Å². The average molecular weight is 295 g/mol. The van der Waals surface area contributed by atoms with Crippen molar-refractivity contribution < 1.29 is 27.2 Å². The summed E-state index contributed by atoms with van der Waals surface area (Å²) in [7, 11) is -2.98. The molecule has 0 saturated carbocycles. The predicted molar refractivity (Wildman–Crippen MR) is 63.4 cm³/mol. The van der Waals surface area contributed by atoms with E-state index in [-0.39, 0.29) is 15.7 Å². The highest BCUT2D eigenvalue weighted by molar-refractivity contribution is 7.87. The minimum Gasteiger partial charge on any atom is -0.495 e. The lowest BCUT2D eigenvalue weighted by molar-refractivity contribution is -0.144. The molecule has 0 heterocycles. The van der Waals surface area contributed by atoms with Crippen molar-refractivity contribution in [3.8, 4) is 5.75 Å². The number of hydrogen-bond donors (Lipinski definition) is 1. The Morgan fingerprint density at radius 2 is 2.06 bits per heavy atom. The molecule has 8 heteroatoms. The SMILES string of the molecule is COc1ccc(Cl)cc1S(=O)(=O)OC(C)C(=O)O. The maximum Gasteiger partial charge on any atom is 0.334 e. The molecule has 0 aliphatic rings. The number of rotatable bonds is 5. The van der Waals surface area contributed by atoms with Gasteiger partial charge in [-0.25, -0.2) is 4.79 Å². The van der Waals surface area contributed by atoms with Crippen LogP contribution in [-0.4, -0.2) is 32.7 Å². The van der Waals surface area contributed by atoms with E-state index in [1.165, 1.54) is 19.2 Å². The number of aliphatic carboxylic acids is 1. The minimum absolute atomic E-state index is 0.0250. The summed E-state index contributed by atoms with van der Waals surface area (Å²) in [5, 5.41) is 8.79. The van der Waals surface area contributed by atoms with Gasteiger partial charge in [-0.1, -0.05) is 11.6 Å². The number of carboxylic acids is 1. The van der Waals surface area contributed by atoms with Crippen molar-refractivity contribution in [3.05, 3.63) is 23.2 Å². The van der Waals surface area contributed by atoms with Crippen molar-refractivity contribution in [1.29, 1.82) is 0 Å². The highest BCUT2D eigenvalue weighted by Gasteiger charge is 2.26. The summed E-state index contributed by atoms with van der Waals surface area (Å²) in [5.74, 6) is -1.36. The minimum atomic E-state index is -4.26. The van der Waals surface area contributed by atoms with Crippen molar-refractivity contribution in [2.45, 2.75) is 17.9 Å². The fourth-order valence-electron chi connectivity index (χ4n) is 1.13. The third-order valence-electron chi connectivity index (χ3n) is 2.01. The van der Waals surface area contributed by atoms with Crippen molar-refractivity contribution in [2.75, 3.05) is 7.11 Å². The van der Waals surface area contributed by atoms with E-state index in [2.05, 4.69) is 4.18 Å². The summed E-state index contributed by atoms with van der Waals surface area (Å²) >= 11 is 5.69. The smallest absolute Gasteiger partial charge is 0.334 e. The molecule has 0 aliphatic heterocycles. The summed E-state index contributed by atoms with van der Waals surface area (Å²) in [6.07, 6.45) is -1.50. The Morgan fingerprint density at radius 3 is 2.56 bits per heavy atom. The van der Waals surface area contributed by atoms with Gasteiger partial charge in [0.25, 0.3) is 0 Å². The van der Waals surface area contributed by atoms with Crippen molar-refractivity contribution >= 4 is 27.7 Å². The van der Waals surface area contributed by atoms with Crippen LogP contribution in [0.1, 0.15) is 6.92 Å². The fraction of sp³-hybridized carbons (Fsp3) is 0.300. The molecular formula is C10H11ClO6S. The van der Waals surface area contributed by atoms with Gasteiger partial charge in [0, 0.05) is 5.02 Å².